The van der Waals surface area contributed by atoms with Crippen molar-refractivity contribution >= 4 is 0 Å². The Morgan fingerprint density at radius 3 is 2.55 bits per heavy atom. The van der Waals surface area contributed by atoms with Crippen molar-refractivity contribution in [2.45, 2.75) is 19.1 Å². The van der Waals surface area contributed by atoms with Gasteiger partial charge in [0.25, 0.3) is 0 Å². The van der Waals surface area contributed by atoms with Crippen LogP contribution in [0.3, 0.4) is 0 Å². The molecule has 29 heavy (non-hydrogen) atoms. The molecule has 0 aromatic heterocycles. The lowest BCUT2D eigenvalue weighted by molar-refractivity contribution is -0.0784. The summed E-state index contributed by atoms with van der Waals surface area (Å²) in [6.07, 6.45) is -0.0865. The molecule has 0 aliphatic carbocycles. The van der Waals surface area contributed by atoms with Crippen molar-refractivity contribution in [1.82, 2.24) is 4.90 Å². The van der Waals surface area contributed by atoms with Crippen LogP contribution in [0.1, 0.15) is 24.0 Å². The summed E-state index contributed by atoms with van der Waals surface area (Å²) in [6.45, 7) is 5.51. The Hall–Kier alpha value is -2.64. The Balaban J connectivity index is 1.61. The molecule has 0 radical (unpaired) electrons. The van der Waals surface area contributed by atoms with E-state index in [2.05, 4.69) is 11.8 Å². The first-order valence-corrected chi connectivity index (χ1v) is 9.94. The summed E-state index contributed by atoms with van der Waals surface area (Å²) < 4.78 is 28.6. The highest BCUT2D eigenvalue weighted by Crippen LogP contribution is 2.50. The number of phenols is 1. The van der Waals surface area contributed by atoms with E-state index < -0.39 is 0 Å². The van der Waals surface area contributed by atoms with E-state index in [-0.39, 0.29) is 30.6 Å². The molecule has 0 saturated carbocycles. The molecule has 154 valence electrons. The average Bonchev–Trinajstić information content (AvgIpc) is 3.20. The summed E-state index contributed by atoms with van der Waals surface area (Å²) in [5.74, 6) is 3.06. The standard InChI is InChI=1S/C22H25NO6/c1-13-21(14-3-4-16(24)18(9-14)25-2)15-10-19-20(28-12-27-19)11-17(15)29-22(13)23-5-7-26-8-6-23/h3-4,9-11,13,21-22,24H,5-8,12H2,1-2H3/t13-,21+,22-/m0/s1. The maximum absolute atomic E-state index is 10.1. The van der Waals surface area contributed by atoms with Gasteiger partial charge in [0.05, 0.1) is 20.3 Å². The van der Waals surface area contributed by atoms with Gasteiger partial charge in [-0.2, -0.15) is 0 Å². The molecule has 1 fully saturated rings. The number of nitrogens with zero attached hydrogens (tertiary/aromatic N) is 1. The van der Waals surface area contributed by atoms with Crippen LogP contribution in [-0.2, 0) is 4.74 Å². The molecule has 1 saturated heterocycles. The van der Waals surface area contributed by atoms with E-state index in [9.17, 15) is 5.11 Å². The minimum Gasteiger partial charge on any atom is -0.504 e. The van der Waals surface area contributed by atoms with Crippen molar-refractivity contribution in [1.29, 1.82) is 0 Å². The van der Waals surface area contributed by atoms with Gasteiger partial charge < -0.3 is 28.8 Å². The topological polar surface area (TPSA) is 69.6 Å². The zero-order valence-corrected chi connectivity index (χ0v) is 16.6. The fourth-order valence-electron chi connectivity index (χ4n) is 4.58. The lowest BCUT2D eigenvalue weighted by Gasteiger charge is -2.44. The van der Waals surface area contributed by atoms with Crippen LogP contribution < -0.4 is 18.9 Å². The highest BCUT2D eigenvalue weighted by Gasteiger charge is 2.41. The van der Waals surface area contributed by atoms with Gasteiger partial charge in [0.15, 0.2) is 29.2 Å². The minimum absolute atomic E-state index is 0.0515. The fourth-order valence-corrected chi connectivity index (χ4v) is 4.58. The van der Waals surface area contributed by atoms with Gasteiger partial charge in [-0.15, -0.1) is 0 Å². The summed E-state index contributed by atoms with van der Waals surface area (Å²) in [5, 5.41) is 10.1. The summed E-state index contributed by atoms with van der Waals surface area (Å²) in [5.41, 5.74) is 2.12. The Kier molecular flexibility index (Phi) is 4.64. The number of hydrogen-bond donors (Lipinski definition) is 1. The number of phenolic OH excluding ortho intramolecular Hbond substituents is 1. The Bertz CT molecular complexity index is 910. The second-order valence-corrected chi connectivity index (χ2v) is 7.67. The number of ether oxygens (including phenoxy) is 5. The van der Waals surface area contributed by atoms with Crippen LogP contribution in [0.15, 0.2) is 30.3 Å². The predicted octanol–water partition coefficient (Wildman–Crippen LogP) is 2.95. The first-order chi connectivity index (χ1) is 14.2. The van der Waals surface area contributed by atoms with Crippen molar-refractivity contribution in [3.63, 3.8) is 0 Å². The summed E-state index contributed by atoms with van der Waals surface area (Å²) in [6, 6.07) is 9.50. The third-order valence-electron chi connectivity index (χ3n) is 6.03. The molecular weight excluding hydrogens is 374 g/mol. The maximum atomic E-state index is 10.1. The highest BCUT2D eigenvalue weighted by atomic mass is 16.7. The normalized spacial score (nSPS) is 25.9. The Morgan fingerprint density at radius 2 is 1.79 bits per heavy atom. The monoisotopic (exact) mass is 399 g/mol. The molecule has 0 bridgehead atoms. The second kappa shape index (κ2) is 7.31. The summed E-state index contributed by atoms with van der Waals surface area (Å²) in [4.78, 5) is 2.34. The zero-order chi connectivity index (χ0) is 20.0. The van der Waals surface area contributed by atoms with Crippen LogP contribution in [0.4, 0.5) is 0 Å². The largest absolute Gasteiger partial charge is 0.504 e. The van der Waals surface area contributed by atoms with Crippen molar-refractivity contribution in [2.75, 3.05) is 40.2 Å². The zero-order valence-electron chi connectivity index (χ0n) is 16.6. The molecule has 5 rings (SSSR count). The van der Waals surface area contributed by atoms with Crippen molar-refractivity contribution in [3.05, 3.63) is 41.5 Å². The van der Waals surface area contributed by atoms with Gasteiger partial charge in [-0.1, -0.05) is 13.0 Å². The Labute approximate surface area is 169 Å². The number of fused-ring (bicyclic) bond motifs is 2. The number of morpholine rings is 1. The van der Waals surface area contributed by atoms with Crippen LogP contribution in [-0.4, -0.2) is 56.4 Å². The van der Waals surface area contributed by atoms with Gasteiger partial charge in [0.1, 0.15) is 5.75 Å². The maximum Gasteiger partial charge on any atom is 0.231 e. The van der Waals surface area contributed by atoms with Crippen LogP contribution in [0, 0.1) is 5.92 Å². The lowest BCUT2D eigenvalue weighted by Crippen LogP contribution is -2.52. The van der Waals surface area contributed by atoms with Gasteiger partial charge in [0.2, 0.25) is 6.79 Å². The van der Waals surface area contributed by atoms with E-state index >= 15 is 0 Å². The average molecular weight is 399 g/mol. The van der Waals surface area contributed by atoms with E-state index in [1.807, 2.05) is 24.3 Å². The third-order valence-corrected chi connectivity index (χ3v) is 6.03. The summed E-state index contributed by atoms with van der Waals surface area (Å²) in [7, 11) is 1.56. The molecule has 2 aromatic carbocycles. The molecule has 0 unspecified atom stereocenters. The van der Waals surface area contributed by atoms with Gasteiger partial charge in [0, 0.05) is 36.6 Å². The number of aromatic hydroxyl groups is 1. The molecule has 3 heterocycles. The van der Waals surface area contributed by atoms with E-state index in [0.29, 0.717) is 24.7 Å². The number of benzene rings is 2. The molecule has 1 N–H and O–H groups in total. The van der Waals surface area contributed by atoms with Crippen molar-refractivity contribution < 1.29 is 28.8 Å². The number of hydrogen-bond acceptors (Lipinski definition) is 7. The third kappa shape index (κ3) is 3.14. The number of methoxy groups -OCH3 is 1. The Morgan fingerprint density at radius 1 is 1.03 bits per heavy atom. The van der Waals surface area contributed by atoms with Gasteiger partial charge in [-0.25, -0.2) is 0 Å². The predicted molar refractivity (Wildman–Crippen MR) is 105 cm³/mol. The number of rotatable bonds is 3. The van der Waals surface area contributed by atoms with Gasteiger partial charge in [-0.05, 0) is 23.8 Å². The van der Waals surface area contributed by atoms with E-state index in [1.54, 1.807) is 13.2 Å². The molecular formula is C22H25NO6. The molecule has 0 amide bonds. The van der Waals surface area contributed by atoms with Crippen LogP contribution >= 0.6 is 0 Å². The highest BCUT2D eigenvalue weighted by molar-refractivity contribution is 5.57. The molecule has 7 nitrogen and oxygen atoms in total. The van der Waals surface area contributed by atoms with Crippen LogP contribution in [0.2, 0.25) is 0 Å². The molecule has 0 spiro atoms. The fraction of sp³-hybridized carbons (Fsp3) is 0.455. The van der Waals surface area contributed by atoms with E-state index in [0.717, 1.165) is 35.7 Å². The lowest BCUT2D eigenvalue weighted by atomic mass is 9.78. The molecule has 2 aromatic rings. The van der Waals surface area contributed by atoms with Crippen molar-refractivity contribution in [2.24, 2.45) is 5.92 Å². The molecule has 3 aliphatic rings. The molecule has 7 heteroatoms. The van der Waals surface area contributed by atoms with E-state index in [1.165, 1.54) is 0 Å². The first-order valence-electron chi connectivity index (χ1n) is 9.94. The first kappa shape index (κ1) is 18.4. The van der Waals surface area contributed by atoms with Crippen LogP contribution in [0.25, 0.3) is 0 Å². The second-order valence-electron chi connectivity index (χ2n) is 7.67. The van der Waals surface area contributed by atoms with E-state index in [4.69, 9.17) is 23.7 Å². The molecule has 3 atom stereocenters. The van der Waals surface area contributed by atoms with Gasteiger partial charge >= 0.3 is 0 Å². The smallest absolute Gasteiger partial charge is 0.231 e. The SMILES string of the molecule is COc1cc([C@@H]2c3cc4c(cc3O[C@H](N3CCOCC3)[C@H]2C)OCO4)ccc1O. The quantitative estimate of drug-likeness (QED) is 0.851. The minimum atomic E-state index is -0.0865. The van der Waals surface area contributed by atoms with Gasteiger partial charge in [-0.3, -0.25) is 4.90 Å². The van der Waals surface area contributed by atoms with Crippen molar-refractivity contribution in [3.8, 4) is 28.7 Å². The van der Waals surface area contributed by atoms with Crippen LogP contribution in [0.5, 0.6) is 28.7 Å². The molecule has 3 aliphatic heterocycles. The summed E-state index contributed by atoms with van der Waals surface area (Å²) >= 11 is 0.